The van der Waals surface area contributed by atoms with Crippen molar-refractivity contribution in [1.29, 1.82) is 0 Å². The van der Waals surface area contributed by atoms with E-state index in [0.717, 1.165) is 5.56 Å². The Kier molecular flexibility index (Phi) is 5.67. The average Bonchev–Trinajstić information content (AvgIpc) is 2.45. The minimum atomic E-state index is -1.18. The molecule has 1 aromatic carbocycles. The van der Waals surface area contributed by atoms with Crippen LogP contribution in [0, 0.1) is 5.92 Å². The SMILES string of the molecule is CC1(C)CC([C@H](c2ccc(Cl)cc2)C(N=[N+]=[N-])C(=O)O)CC(C)(C)O1. The Morgan fingerprint density at radius 1 is 1.28 bits per heavy atom. The Morgan fingerprint density at radius 2 is 1.80 bits per heavy atom. The van der Waals surface area contributed by atoms with E-state index in [2.05, 4.69) is 10.0 Å². The summed E-state index contributed by atoms with van der Waals surface area (Å²) in [7, 11) is 0. The van der Waals surface area contributed by atoms with Crippen LogP contribution in [0.2, 0.25) is 5.02 Å². The number of carboxylic acids is 1. The molecule has 0 radical (unpaired) electrons. The highest BCUT2D eigenvalue weighted by molar-refractivity contribution is 6.30. The van der Waals surface area contributed by atoms with Gasteiger partial charge < -0.3 is 9.84 Å². The van der Waals surface area contributed by atoms with E-state index >= 15 is 0 Å². The van der Waals surface area contributed by atoms with Crippen LogP contribution in [0.25, 0.3) is 10.4 Å². The van der Waals surface area contributed by atoms with Gasteiger partial charge in [0.15, 0.2) is 0 Å². The van der Waals surface area contributed by atoms with Crippen LogP contribution in [-0.4, -0.2) is 28.3 Å². The molecule has 1 unspecified atom stereocenters. The summed E-state index contributed by atoms with van der Waals surface area (Å²) in [5.74, 6) is -1.58. The molecule has 0 aromatic heterocycles. The van der Waals surface area contributed by atoms with Crippen molar-refractivity contribution in [2.24, 2.45) is 11.0 Å². The first kappa shape index (κ1) is 19.6. The van der Waals surface area contributed by atoms with Gasteiger partial charge >= 0.3 is 5.97 Å². The number of rotatable bonds is 5. The number of benzene rings is 1. The molecular formula is C18H24ClN3O3. The number of hydrogen-bond donors (Lipinski definition) is 1. The number of nitrogens with zero attached hydrogens (tertiary/aromatic N) is 3. The highest BCUT2D eigenvalue weighted by Gasteiger charge is 2.45. The maximum absolute atomic E-state index is 11.8. The third-order valence-corrected chi connectivity index (χ3v) is 4.84. The van der Waals surface area contributed by atoms with Crippen LogP contribution in [-0.2, 0) is 9.53 Å². The van der Waals surface area contributed by atoms with Crippen molar-refractivity contribution in [3.63, 3.8) is 0 Å². The van der Waals surface area contributed by atoms with Crippen molar-refractivity contribution in [1.82, 2.24) is 0 Å². The van der Waals surface area contributed by atoms with Crippen LogP contribution in [0.1, 0.15) is 52.0 Å². The van der Waals surface area contributed by atoms with Crippen LogP contribution < -0.4 is 0 Å². The van der Waals surface area contributed by atoms with Gasteiger partial charge in [-0.1, -0.05) is 28.8 Å². The molecule has 1 aliphatic heterocycles. The minimum absolute atomic E-state index is 0.00785. The summed E-state index contributed by atoms with van der Waals surface area (Å²) >= 11 is 5.98. The predicted molar refractivity (Wildman–Crippen MR) is 96.7 cm³/mol. The quantitative estimate of drug-likeness (QED) is 0.442. The summed E-state index contributed by atoms with van der Waals surface area (Å²) in [5, 5.41) is 13.8. The molecule has 1 heterocycles. The minimum Gasteiger partial charge on any atom is -0.481 e. The fourth-order valence-corrected chi connectivity index (χ4v) is 4.27. The van der Waals surface area contributed by atoms with Gasteiger partial charge in [-0.25, -0.2) is 0 Å². The molecule has 0 bridgehead atoms. The molecule has 6 nitrogen and oxygen atoms in total. The zero-order valence-corrected chi connectivity index (χ0v) is 15.7. The Bertz CT molecular complexity index is 663. The number of ether oxygens (including phenoxy) is 1. The van der Waals surface area contributed by atoms with Gasteiger partial charge in [-0.3, -0.25) is 4.79 Å². The van der Waals surface area contributed by atoms with E-state index in [4.69, 9.17) is 21.9 Å². The Hall–Kier alpha value is -1.75. The zero-order valence-electron chi connectivity index (χ0n) is 14.9. The van der Waals surface area contributed by atoms with Crippen LogP contribution in [0.5, 0.6) is 0 Å². The van der Waals surface area contributed by atoms with Crippen molar-refractivity contribution in [3.8, 4) is 0 Å². The van der Waals surface area contributed by atoms with Crippen molar-refractivity contribution in [3.05, 3.63) is 45.3 Å². The van der Waals surface area contributed by atoms with Crippen molar-refractivity contribution in [2.45, 2.75) is 63.7 Å². The maximum atomic E-state index is 11.8. The summed E-state index contributed by atoms with van der Waals surface area (Å²) in [5.41, 5.74) is 8.90. The van der Waals surface area contributed by atoms with Gasteiger partial charge in [0.25, 0.3) is 0 Å². The molecule has 25 heavy (non-hydrogen) atoms. The largest absolute Gasteiger partial charge is 0.481 e. The van der Waals surface area contributed by atoms with Crippen molar-refractivity contribution in [2.75, 3.05) is 0 Å². The van der Waals surface area contributed by atoms with Gasteiger partial charge in [0.05, 0.1) is 11.2 Å². The highest BCUT2D eigenvalue weighted by atomic mass is 35.5. The van der Waals surface area contributed by atoms with E-state index in [1.54, 1.807) is 12.1 Å². The van der Waals surface area contributed by atoms with Crippen LogP contribution in [0.3, 0.4) is 0 Å². The molecule has 7 heteroatoms. The molecular weight excluding hydrogens is 342 g/mol. The molecule has 1 aromatic rings. The van der Waals surface area contributed by atoms with Gasteiger partial charge in [-0.15, -0.1) is 0 Å². The molecule has 1 saturated heterocycles. The van der Waals surface area contributed by atoms with Gasteiger partial charge in [0.2, 0.25) is 0 Å². The molecule has 1 N–H and O–H groups in total. The smallest absolute Gasteiger partial charge is 0.313 e. The third kappa shape index (κ3) is 4.88. The third-order valence-electron chi connectivity index (χ3n) is 4.59. The summed E-state index contributed by atoms with van der Waals surface area (Å²) in [6, 6.07) is 5.90. The number of carbonyl (C=O) groups is 1. The van der Waals surface area contributed by atoms with E-state index in [1.807, 2.05) is 39.8 Å². The molecule has 0 saturated carbocycles. The lowest BCUT2D eigenvalue weighted by Crippen LogP contribution is -2.48. The Balaban J connectivity index is 2.51. The highest BCUT2D eigenvalue weighted by Crippen LogP contribution is 2.46. The number of hydrogen-bond acceptors (Lipinski definition) is 3. The summed E-state index contributed by atoms with van der Waals surface area (Å²) in [4.78, 5) is 14.6. The second-order valence-corrected chi connectivity index (χ2v) is 8.29. The number of aliphatic carboxylic acids is 1. The van der Waals surface area contributed by atoms with E-state index in [0.29, 0.717) is 17.9 Å². The van der Waals surface area contributed by atoms with E-state index < -0.39 is 29.1 Å². The first-order chi connectivity index (χ1) is 11.5. The monoisotopic (exact) mass is 365 g/mol. The first-order valence-electron chi connectivity index (χ1n) is 8.27. The molecule has 1 aliphatic rings. The molecule has 2 rings (SSSR count). The lowest BCUT2D eigenvalue weighted by Gasteiger charge is -2.48. The Labute approximate surface area is 152 Å². The summed E-state index contributed by atoms with van der Waals surface area (Å²) < 4.78 is 6.12. The second-order valence-electron chi connectivity index (χ2n) is 7.86. The van der Waals surface area contributed by atoms with Crippen molar-refractivity contribution < 1.29 is 14.6 Å². The lowest BCUT2D eigenvalue weighted by molar-refractivity contribution is -0.177. The summed E-state index contributed by atoms with van der Waals surface area (Å²) in [6.45, 7) is 8.01. The van der Waals surface area contributed by atoms with E-state index in [1.165, 1.54) is 0 Å². The van der Waals surface area contributed by atoms with Crippen LogP contribution >= 0.6 is 11.6 Å². The second kappa shape index (κ2) is 7.24. The van der Waals surface area contributed by atoms with Crippen molar-refractivity contribution >= 4 is 17.6 Å². The zero-order chi connectivity index (χ0) is 18.8. The number of azide groups is 1. The van der Waals surface area contributed by atoms with Crippen LogP contribution in [0.4, 0.5) is 0 Å². The summed E-state index contributed by atoms with van der Waals surface area (Å²) in [6.07, 6.45) is 1.35. The Morgan fingerprint density at radius 3 is 2.24 bits per heavy atom. The fourth-order valence-electron chi connectivity index (χ4n) is 4.15. The molecule has 136 valence electrons. The molecule has 0 amide bonds. The predicted octanol–water partition coefficient (Wildman–Crippen LogP) is 5.17. The maximum Gasteiger partial charge on any atom is 0.313 e. The van der Waals surface area contributed by atoms with Gasteiger partial charge in [0, 0.05) is 15.9 Å². The fraction of sp³-hybridized carbons (Fsp3) is 0.611. The molecule has 0 spiro atoms. The standard InChI is InChI=1S/C18H24ClN3O3/c1-17(2)9-12(10-18(3,4)25-17)14(15(16(23)24)21-22-20)11-5-7-13(19)8-6-11/h5-8,12,14-15H,9-10H2,1-4H3,(H,23,24)/t14-,15?/m0/s1. The van der Waals surface area contributed by atoms with E-state index in [-0.39, 0.29) is 5.92 Å². The average molecular weight is 366 g/mol. The molecule has 0 aliphatic carbocycles. The molecule has 2 atom stereocenters. The van der Waals surface area contributed by atoms with Gasteiger partial charge in [0.1, 0.15) is 6.04 Å². The topological polar surface area (TPSA) is 95.3 Å². The number of halogens is 1. The van der Waals surface area contributed by atoms with Gasteiger partial charge in [-0.2, -0.15) is 0 Å². The lowest BCUT2D eigenvalue weighted by atomic mass is 9.69. The molecule has 1 fully saturated rings. The van der Waals surface area contributed by atoms with Crippen LogP contribution in [0.15, 0.2) is 29.4 Å². The normalized spacial score (nSPS) is 21.8. The number of carboxylic acid groups (broad SMARTS) is 1. The van der Waals surface area contributed by atoms with Gasteiger partial charge in [-0.05, 0) is 69.7 Å². The van der Waals surface area contributed by atoms with E-state index in [9.17, 15) is 9.90 Å². The first-order valence-corrected chi connectivity index (χ1v) is 8.65.